The summed E-state index contributed by atoms with van der Waals surface area (Å²) < 4.78 is 22.5. The minimum absolute atomic E-state index is 0.304. The second-order valence-electron chi connectivity index (χ2n) is 3.96. The van der Waals surface area contributed by atoms with Crippen LogP contribution in [0.5, 0.6) is 0 Å². The van der Waals surface area contributed by atoms with Gasteiger partial charge in [0.05, 0.1) is 11.5 Å². The van der Waals surface area contributed by atoms with Gasteiger partial charge >= 0.3 is 0 Å². The van der Waals surface area contributed by atoms with E-state index in [9.17, 15) is 8.42 Å². The molecule has 2 heterocycles. The molecule has 2 rings (SSSR count). The van der Waals surface area contributed by atoms with E-state index < -0.39 is 9.84 Å². The summed E-state index contributed by atoms with van der Waals surface area (Å²) in [5, 5.41) is 4.35. The van der Waals surface area contributed by atoms with Gasteiger partial charge in [0.1, 0.15) is 9.84 Å². The first-order chi connectivity index (χ1) is 7.16. The number of sulfone groups is 1. The molecule has 15 heavy (non-hydrogen) atoms. The summed E-state index contributed by atoms with van der Waals surface area (Å²) in [6.07, 6.45) is 2.60. The van der Waals surface area contributed by atoms with Crippen LogP contribution in [0.1, 0.15) is 19.3 Å². The van der Waals surface area contributed by atoms with Crippen LogP contribution in [0.3, 0.4) is 0 Å². The van der Waals surface area contributed by atoms with E-state index in [2.05, 4.69) is 10.3 Å². The van der Waals surface area contributed by atoms with Crippen LogP contribution in [0.4, 0.5) is 0 Å². The topological polar surface area (TPSA) is 58.5 Å². The van der Waals surface area contributed by atoms with Crippen molar-refractivity contribution < 1.29 is 8.42 Å². The van der Waals surface area contributed by atoms with E-state index in [-0.39, 0.29) is 0 Å². The SMILES string of the molecule is O=S1(=O)CCC(NC2=NCCCS2)CC1. The van der Waals surface area contributed by atoms with Gasteiger partial charge in [0, 0.05) is 18.3 Å². The average Bonchev–Trinajstić information content (AvgIpc) is 2.23. The van der Waals surface area contributed by atoms with Gasteiger partial charge in [0.25, 0.3) is 0 Å². The highest BCUT2D eigenvalue weighted by Crippen LogP contribution is 2.16. The normalized spacial score (nSPS) is 27.1. The highest BCUT2D eigenvalue weighted by atomic mass is 32.2. The molecule has 0 radical (unpaired) electrons. The lowest BCUT2D eigenvalue weighted by molar-refractivity contribution is 0.522. The van der Waals surface area contributed by atoms with Crippen LogP contribution in [-0.2, 0) is 9.84 Å². The van der Waals surface area contributed by atoms with Crippen LogP contribution in [0, 0.1) is 0 Å². The maximum Gasteiger partial charge on any atom is 0.156 e. The molecule has 86 valence electrons. The van der Waals surface area contributed by atoms with E-state index in [1.54, 1.807) is 11.8 Å². The number of thioether (sulfide) groups is 1. The summed E-state index contributed by atoms with van der Waals surface area (Å²) in [6.45, 7) is 0.903. The van der Waals surface area contributed by atoms with Crippen molar-refractivity contribution in [2.45, 2.75) is 25.3 Å². The van der Waals surface area contributed by atoms with E-state index in [0.717, 1.165) is 36.7 Å². The molecule has 2 aliphatic rings. The van der Waals surface area contributed by atoms with E-state index in [1.165, 1.54) is 0 Å². The maximum absolute atomic E-state index is 11.2. The second-order valence-corrected chi connectivity index (χ2v) is 7.35. The molecule has 0 spiro atoms. The van der Waals surface area contributed by atoms with Gasteiger partial charge in [0.15, 0.2) is 5.17 Å². The summed E-state index contributed by atoms with van der Waals surface area (Å²) in [5.74, 6) is 1.77. The molecule has 0 bridgehead atoms. The third kappa shape index (κ3) is 3.38. The number of nitrogens with one attached hydrogen (secondary N) is 1. The lowest BCUT2D eigenvalue weighted by atomic mass is 10.2. The zero-order valence-electron chi connectivity index (χ0n) is 8.61. The average molecular weight is 248 g/mol. The number of aliphatic imine (C=N–C) groups is 1. The molecular weight excluding hydrogens is 232 g/mol. The van der Waals surface area contributed by atoms with Crippen LogP contribution in [0.15, 0.2) is 4.99 Å². The van der Waals surface area contributed by atoms with E-state index in [0.29, 0.717) is 17.5 Å². The molecule has 1 fully saturated rings. The lowest BCUT2D eigenvalue weighted by Crippen LogP contribution is -2.40. The first kappa shape index (κ1) is 11.3. The number of hydrogen-bond donors (Lipinski definition) is 1. The molecule has 0 aliphatic carbocycles. The Labute approximate surface area is 94.8 Å². The molecular formula is C9H16N2O2S2. The van der Waals surface area contributed by atoms with Crippen molar-refractivity contribution in [3.05, 3.63) is 0 Å². The summed E-state index contributed by atoms with van der Waals surface area (Å²) >= 11 is 1.75. The Bertz CT molecular complexity index is 337. The molecule has 0 amide bonds. The zero-order chi connectivity index (χ0) is 10.7. The van der Waals surface area contributed by atoms with Gasteiger partial charge in [-0.3, -0.25) is 4.99 Å². The first-order valence-corrected chi connectivity index (χ1v) is 8.11. The Hall–Kier alpha value is -0.230. The highest BCUT2D eigenvalue weighted by Gasteiger charge is 2.24. The van der Waals surface area contributed by atoms with Gasteiger partial charge < -0.3 is 5.32 Å². The number of rotatable bonds is 1. The summed E-state index contributed by atoms with van der Waals surface area (Å²) in [5.41, 5.74) is 0. The predicted octanol–water partition coefficient (Wildman–Crippen LogP) is 0.646. The van der Waals surface area contributed by atoms with Gasteiger partial charge in [-0.1, -0.05) is 11.8 Å². The zero-order valence-corrected chi connectivity index (χ0v) is 10.2. The van der Waals surface area contributed by atoms with Crippen LogP contribution in [0.2, 0.25) is 0 Å². The third-order valence-corrected chi connectivity index (χ3v) is 5.41. The van der Waals surface area contributed by atoms with Crippen LogP contribution in [-0.4, -0.2) is 43.4 Å². The van der Waals surface area contributed by atoms with Gasteiger partial charge in [-0.05, 0) is 19.3 Å². The third-order valence-electron chi connectivity index (χ3n) is 2.68. The van der Waals surface area contributed by atoms with Crippen LogP contribution >= 0.6 is 11.8 Å². The van der Waals surface area contributed by atoms with E-state index in [4.69, 9.17) is 0 Å². The van der Waals surface area contributed by atoms with Crippen molar-refractivity contribution in [2.75, 3.05) is 23.8 Å². The molecule has 0 saturated carbocycles. The van der Waals surface area contributed by atoms with Crippen LogP contribution in [0.25, 0.3) is 0 Å². The quantitative estimate of drug-likeness (QED) is 0.740. The van der Waals surface area contributed by atoms with Gasteiger partial charge in [-0.15, -0.1) is 0 Å². The minimum Gasteiger partial charge on any atom is -0.362 e. The summed E-state index contributed by atoms with van der Waals surface area (Å²) in [7, 11) is -2.74. The second kappa shape index (κ2) is 4.74. The molecule has 2 aliphatic heterocycles. The Kier molecular flexibility index (Phi) is 3.56. The fourth-order valence-electron chi connectivity index (χ4n) is 1.76. The monoisotopic (exact) mass is 248 g/mol. The van der Waals surface area contributed by atoms with Gasteiger partial charge in [-0.25, -0.2) is 8.42 Å². The van der Waals surface area contributed by atoms with Crippen molar-refractivity contribution in [3.63, 3.8) is 0 Å². The molecule has 1 saturated heterocycles. The van der Waals surface area contributed by atoms with Crippen molar-refractivity contribution in [2.24, 2.45) is 4.99 Å². The van der Waals surface area contributed by atoms with Crippen molar-refractivity contribution in [3.8, 4) is 0 Å². The van der Waals surface area contributed by atoms with Gasteiger partial charge in [0.2, 0.25) is 0 Å². The van der Waals surface area contributed by atoms with Crippen molar-refractivity contribution in [1.82, 2.24) is 5.32 Å². The molecule has 0 unspecified atom stereocenters. The number of amidine groups is 1. The molecule has 0 atom stereocenters. The molecule has 1 N–H and O–H groups in total. The largest absolute Gasteiger partial charge is 0.362 e. The predicted molar refractivity (Wildman–Crippen MR) is 64.2 cm³/mol. The standard InChI is InChI=1S/C9H16N2O2S2/c12-15(13)6-2-8(3-7-15)11-9-10-4-1-5-14-9/h8H,1-7H2,(H,10,11). The Morgan fingerprint density at radius 1 is 1.33 bits per heavy atom. The summed E-state index contributed by atoms with van der Waals surface area (Å²) in [4.78, 5) is 4.38. The van der Waals surface area contributed by atoms with Crippen molar-refractivity contribution in [1.29, 1.82) is 0 Å². The molecule has 0 aromatic heterocycles. The van der Waals surface area contributed by atoms with Gasteiger partial charge in [-0.2, -0.15) is 0 Å². The van der Waals surface area contributed by atoms with E-state index in [1.807, 2.05) is 0 Å². The molecule has 0 aromatic rings. The Morgan fingerprint density at radius 3 is 2.67 bits per heavy atom. The maximum atomic E-state index is 11.2. The first-order valence-electron chi connectivity index (χ1n) is 5.30. The fraction of sp³-hybridized carbons (Fsp3) is 0.889. The Morgan fingerprint density at radius 2 is 2.07 bits per heavy atom. The number of nitrogens with zero attached hydrogens (tertiary/aromatic N) is 1. The minimum atomic E-state index is -2.74. The van der Waals surface area contributed by atoms with Crippen molar-refractivity contribution >= 4 is 26.8 Å². The highest BCUT2D eigenvalue weighted by molar-refractivity contribution is 8.13. The molecule has 6 heteroatoms. The smallest absolute Gasteiger partial charge is 0.156 e. The number of hydrogen-bond acceptors (Lipinski definition) is 5. The Balaban J connectivity index is 1.84. The lowest BCUT2D eigenvalue weighted by Gasteiger charge is -2.25. The summed E-state index contributed by atoms with van der Waals surface area (Å²) in [6, 6.07) is 0.304. The molecule has 4 nitrogen and oxygen atoms in total. The molecule has 0 aromatic carbocycles. The van der Waals surface area contributed by atoms with E-state index >= 15 is 0 Å². The fourth-order valence-corrected chi connectivity index (χ4v) is 4.15. The van der Waals surface area contributed by atoms with Crippen LogP contribution < -0.4 is 5.32 Å².